The molecule has 2 aromatic carbocycles. The van der Waals surface area contributed by atoms with Gasteiger partial charge in [0.2, 0.25) is 5.82 Å². The summed E-state index contributed by atoms with van der Waals surface area (Å²) in [5.74, 6) is -4.30. The number of aryl methyl sites for hydroxylation is 1. The number of carbonyl (C=O) groups is 2. The lowest BCUT2D eigenvalue weighted by atomic mass is 10.0. The zero-order valence-electron chi connectivity index (χ0n) is 22.9. The fourth-order valence-electron chi connectivity index (χ4n) is 4.13. The van der Waals surface area contributed by atoms with E-state index < -0.39 is 54.2 Å². The Labute approximate surface area is 236 Å². The van der Waals surface area contributed by atoms with Crippen molar-refractivity contribution in [3.63, 3.8) is 0 Å². The molecule has 1 amide bonds. The molecule has 0 saturated heterocycles. The molecule has 4 aromatic rings. The monoisotopic (exact) mass is 591 g/mol. The molecule has 0 atom stereocenters. The number of halogens is 5. The summed E-state index contributed by atoms with van der Waals surface area (Å²) in [5, 5.41) is 9.39. The lowest BCUT2D eigenvalue weighted by Crippen LogP contribution is -2.39. The Bertz CT molecular complexity index is 1660. The first-order valence-electron chi connectivity index (χ1n) is 12.6. The van der Waals surface area contributed by atoms with Gasteiger partial charge in [0, 0.05) is 18.2 Å². The van der Waals surface area contributed by atoms with Crippen LogP contribution in [0.5, 0.6) is 11.5 Å². The van der Waals surface area contributed by atoms with Crippen LogP contribution in [0.25, 0.3) is 16.9 Å². The molecule has 0 spiro atoms. The minimum atomic E-state index is -4.63. The van der Waals surface area contributed by atoms with Crippen molar-refractivity contribution in [1.82, 2.24) is 9.38 Å². The van der Waals surface area contributed by atoms with Gasteiger partial charge in [-0.15, -0.1) is 0 Å². The number of imidazole rings is 1. The molecule has 42 heavy (non-hydrogen) atoms. The second-order valence-corrected chi connectivity index (χ2v) is 10.4. The number of hydrogen-bond acceptors (Lipinski definition) is 5. The average molecular weight is 592 g/mol. The van der Waals surface area contributed by atoms with E-state index >= 15 is 0 Å². The number of carbonyl (C=O) groups excluding carboxylic acids is 1. The smallest absolute Gasteiger partial charge is 0.414 e. The van der Waals surface area contributed by atoms with Crippen LogP contribution in [0.2, 0.25) is 0 Å². The summed E-state index contributed by atoms with van der Waals surface area (Å²) in [6.07, 6.45) is -4.40. The van der Waals surface area contributed by atoms with Crippen LogP contribution in [0.3, 0.4) is 0 Å². The normalized spacial score (nSPS) is 11.9. The second-order valence-electron chi connectivity index (χ2n) is 10.4. The van der Waals surface area contributed by atoms with Crippen molar-refractivity contribution in [2.75, 3.05) is 11.4 Å². The van der Waals surface area contributed by atoms with E-state index in [1.807, 2.05) is 0 Å². The molecular weight excluding hydrogens is 565 g/mol. The average Bonchev–Trinajstić information content (AvgIpc) is 3.29. The van der Waals surface area contributed by atoms with E-state index in [2.05, 4.69) is 4.98 Å². The number of carboxylic acids is 1. The minimum Gasteiger partial charge on any atom is -0.478 e. The number of amides is 1. The van der Waals surface area contributed by atoms with Gasteiger partial charge in [-0.3, -0.25) is 9.30 Å². The summed E-state index contributed by atoms with van der Waals surface area (Å²) >= 11 is 0. The quantitative estimate of drug-likeness (QED) is 0.221. The molecule has 4 rings (SSSR count). The number of carboxylic acid groups (broad SMARTS) is 1. The lowest BCUT2D eigenvalue weighted by Gasteiger charge is -2.28. The molecule has 2 heterocycles. The highest BCUT2D eigenvalue weighted by Gasteiger charge is 2.33. The number of rotatable bonds is 7. The fraction of sp³-hybridized carbons (Fsp3) is 0.276. The first-order valence-corrected chi connectivity index (χ1v) is 12.6. The molecule has 2 aromatic heterocycles. The Balaban J connectivity index is 1.94. The number of alkyl halides is 3. The summed E-state index contributed by atoms with van der Waals surface area (Å²) in [5.41, 5.74) is 0.0952. The van der Waals surface area contributed by atoms with Gasteiger partial charge < -0.3 is 14.6 Å². The van der Waals surface area contributed by atoms with E-state index in [1.165, 1.54) is 41.1 Å². The highest BCUT2D eigenvalue weighted by atomic mass is 19.4. The first-order chi connectivity index (χ1) is 19.5. The van der Waals surface area contributed by atoms with Crippen molar-refractivity contribution < 1.29 is 46.1 Å². The number of hydrogen-bond donors (Lipinski definition) is 1. The summed E-state index contributed by atoms with van der Waals surface area (Å²) in [4.78, 5) is 29.8. The lowest BCUT2D eigenvalue weighted by molar-refractivity contribution is -0.132. The number of fused-ring (bicyclic) bond motifs is 1. The first kappa shape index (κ1) is 30.3. The molecule has 1 N–H and O–H groups in total. The van der Waals surface area contributed by atoms with Crippen LogP contribution in [0.1, 0.15) is 43.1 Å². The van der Waals surface area contributed by atoms with E-state index in [0.29, 0.717) is 16.8 Å². The third kappa shape index (κ3) is 6.78. The molecule has 0 radical (unpaired) electrons. The van der Waals surface area contributed by atoms with Crippen molar-refractivity contribution in [3.05, 3.63) is 77.6 Å². The molecule has 8 nitrogen and oxygen atoms in total. The predicted octanol–water partition coefficient (Wildman–Crippen LogP) is 7.77. The van der Waals surface area contributed by atoms with Crippen LogP contribution in [-0.2, 0) is 4.74 Å². The topological polar surface area (TPSA) is 93.4 Å². The highest BCUT2D eigenvalue weighted by Crippen LogP contribution is 2.36. The maximum atomic E-state index is 14.5. The highest BCUT2D eigenvalue weighted by molar-refractivity contribution is 5.94. The molecule has 0 bridgehead atoms. The van der Waals surface area contributed by atoms with E-state index in [-0.39, 0.29) is 22.6 Å². The summed E-state index contributed by atoms with van der Waals surface area (Å²) in [6, 6.07) is 8.88. The molecule has 222 valence electrons. The number of ether oxygens (including phenoxy) is 2. The van der Waals surface area contributed by atoms with Crippen LogP contribution in [0, 0.1) is 18.6 Å². The number of benzene rings is 2. The maximum absolute atomic E-state index is 14.5. The van der Waals surface area contributed by atoms with Crippen LogP contribution in [0.15, 0.2) is 54.9 Å². The van der Waals surface area contributed by atoms with Gasteiger partial charge in [-0.05, 0) is 57.5 Å². The van der Waals surface area contributed by atoms with Gasteiger partial charge >= 0.3 is 18.2 Å². The molecule has 0 aliphatic rings. The molecule has 0 aliphatic carbocycles. The maximum Gasteiger partial charge on any atom is 0.414 e. The molecule has 0 fully saturated rings. The van der Waals surface area contributed by atoms with Crippen molar-refractivity contribution >= 4 is 23.4 Å². The molecule has 13 heteroatoms. The number of nitrogens with zero attached hydrogens (tertiary/aromatic N) is 3. The SMILES string of the molecule is Cc1cc(-c2cnc3c(N(CCC(F)(F)F)C(=O)OC(C)(C)C)cc(Oc4cccc(F)c4F)cn23)ccc1C(=O)O. The summed E-state index contributed by atoms with van der Waals surface area (Å²) in [7, 11) is 0. The zero-order valence-corrected chi connectivity index (χ0v) is 22.9. The number of aromatic carboxylic acids is 1. The third-order valence-electron chi connectivity index (χ3n) is 5.98. The van der Waals surface area contributed by atoms with Gasteiger partial charge in [-0.1, -0.05) is 12.1 Å². The molecule has 0 saturated carbocycles. The van der Waals surface area contributed by atoms with Crippen molar-refractivity contribution in [3.8, 4) is 22.8 Å². The van der Waals surface area contributed by atoms with Gasteiger partial charge in [-0.2, -0.15) is 17.6 Å². The van der Waals surface area contributed by atoms with Crippen LogP contribution in [-0.4, -0.2) is 44.9 Å². The van der Waals surface area contributed by atoms with Gasteiger partial charge in [0.05, 0.1) is 35.8 Å². The van der Waals surface area contributed by atoms with Crippen molar-refractivity contribution in [2.45, 2.75) is 45.9 Å². The van der Waals surface area contributed by atoms with Gasteiger partial charge in [0.1, 0.15) is 11.4 Å². The minimum absolute atomic E-state index is 0.0186. The van der Waals surface area contributed by atoms with E-state index in [4.69, 9.17) is 9.47 Å². The third-order valence-corrected chi connectivity index (χ3v) is 5.98. The van der Waals surface area contributed by atoms with E-state index in [1.54, 1.807) is 33.8 Å². The Morgan fingerprint density at radius 3 is 2.40 bits per heavy atom. The zero-order chi connectivity index (χ0) is 31.0. The number of aromatic nitrogens is 2. The fourth-order valence-corrected chi connectivity index (χ4v) is 4.13. The van der Waals surface area contributed by atoms with Gasteiger partial charge in [-0.25, -0.2) is 19.0 Å². The van der Waals surface area contributed by atoms with Crippen LogP contribution >= 0.6 is 0 Å². The molecular formula is C29H26F5N3O5. The molecule has 0 aliphatic heterocycles. The Morgan fingerprint density at radius 2 is 1.79 bits per heavy atom. The van der Waals surface area contributed by atoms with E-state index in [0.717, 1.165) is 17.0 Å². The number of anilines is 1. The van der Waals surface area contributed by atoms with Gasteiger partial charge in [0.25, 0.3) is 0 Å². The van der Waals surface area contributed by atoms with Crippen LogP contribution < -0.4 is 9.64 Å². The van der Waals surface area contributed by atoms with Crippen LogP contribution in [0.4, 0.5) is 32.4 Å². The van der Waals surface area contributed by atoms with E-state index in [9.17, 15) is 36.6 Å². The largest absolute Gasteiger partial charge is 0.478 e. The summed E-state index contributed by atoms with van der Waals surface area (Å²) in [6.45, 7) is 5.38. The number of pyridine rings is 1. The van der Waals surface area contributed by atoms with Gasteiger partial charge in [0.15, 0.2) is 17.2 Å². The Kier molecular flexibility index (Phi) is 8.15. The Morgan fingerprint density at radius 1 is 1.07 bits per heavy atom. The second kappa shape index (κ2) is 11.3. The Hall–Kier alpha value is -4.68. The van der Waals surface area contributed by atoms with Crippen molar-refractivity contribution in [2.24, 2.45) is 0 Å². The standard InChI is InChI=1S/C29H26F5N3O5/c1-16-12-17(8-9-19(16)26(38)39)22-14-35-25-21(36(11-10-29(32,33)34)27(40)42-28(2,3)4)13-18(15-37(22)25)41-23-7-5-6-20(30)24(23)31/h5-9,12-15H,10-11H2,1-4H3,(H,38,39). The predicted molar refractivity (Wildman–Crippen MR) is 143 cm³/mol. The van der Waals surface area contributed by atoms with Crippen molar-refractivity contribution in [1.29, 1.82) is 0 Å². The molecule has 0 unspecified atom stereocenters. The summed E-state index contributed by atoms with van der Waals surface area (Å²) < 4.78 is 80.7.